The van der Waals surface area contributed by atoms with Gasteiger partial charge in [0.05, 0.1) is 22.1 Å². The van der Waals surface area contributed by atoms with Crippen LogP contribution in [-0.2, 0) is 0 Å². The van der Waals surface area contributed by atoms with Crippen LogP contribution in [0.1, 0.15) is 0 Å². The summed E-state index contributed by atoms with van der Waals surface area (Å²) in [4.78, 5) is 5.30. The van der Waals surface area contributed by atoms with Gasteiger partial charge in [0.1, 0.15) is 11.2 Å². The van der Waals surface area contributed by atoms with Crippen molar-refractivity contribution in [2.75, 3.05) is 0 Å². The van der Waals surface area contributed by atoms with Gasteiger partial charge in [0.25, 0.3) is 0 Å². The summed E-state index contributed by atoms with van der Waals surface area (Å²) in [5.74, 6) is 0.892. The van der Waals surface area contributed by atoms with Gasteiger partial charge in [-0.3, -0.25) is 8.97 Å². The highest BCUT2D eigenvalue weighted by molar-refractivity contribution is 6.29. The molecule has 51 heavy (non-hydrogen) atoms. The minimum atomic E-state index is 0.892. The first kappa shape index (κ1) is 27.0. The van der Waals surface area contributed by atoms with Gasteiger partial charge in [-0.15, -0.1) is 0 Å². The van der Waals surface area contributed by atoms with E-state index in [1.165, 1.54) is 43.1 Å². The second-order valence-corrected chi connectivity index (χ2v) is 13.5. The van der Waals surface area contributed by atoms with E-state index in [1.807, 2.05) is 0 Å². The Morgan fingerprint density at radius 2 is 1.12 bits per heavy atom. The van der Waals surface area contributed by atoms with Crippen molar-refractivity contribution >= 4 is 92.9 Å². The molecule has 0 N–H and O–H groups in total. The number of hydrogen-bond donors (Lipinski definition) is 0. The predicted molar refractivity (Wildman–Crippen MR) is 212 cm³/mol. The first-order valence-electron chi connectivity index (χ1n) is 17.4. The van der Waals surface area contributed by atoms with Crippen molar-refractivity contribution in [3.05, 3.63) is 164 Å². The molecule has 4 nitrogen and oxygen atoms in total. The van der Waals surface area contributed by atoms with E-state index in [-0.39, 0.29) is 0 Å². The van der Waals surface area contributed by atoms with E-state index in [1.54, 1.807) is 0 Å². The number of furan rings is 1. The topological polar surface area (TPSA) is 35.4 Å². The van der Waals surface area contributed by atoms with Gasteiger partial charge in [-0.05, 0) is 74.3 Å². The lowest BCUT2D eigenvalue weighted by Crippen LogP contribution is -1.96. The van der Waals surface area contributed by atoms with E-state index < -0.39 is 0 Å². The Hall–Kier alpha value is -6.91. The van der Waals surface area contributed by atoms with Gasteiger partial charge < -0.3 is 4.42 Å². The number of para-hydroxylation sites is 2. The molecule has 12 aromatic rings. The molecule has 236 valence electrons. The summed E-state index contributed by atoms with van der Waals surface area (Å²) < 4.78 is 11.6. The van der Waals surface area contributed by atoms with Crippen LogP contribution in [-0.4, -0.2) is 14.0 Å². The average molecular weight is 650 g/mol. The van der Waals surface area contributed by atoms with Gasteiger partial charge in [0.2, 0.25) is 5.78 Å². The van der Waals surface area contributed by atoms with Crippen molar-refractivity contribution in [1.82, 2.24) is 14.0 Å². The van der Waals surface area contributed by atoms with Gasteiger partial charge in [0, 0.05) is 32.8 Å². The summed E-state index contributed by atoms with van der Waals surface area (Å²) in [5.41, 5.74) is 9.40. The Balaban J connectivity index is 1.22. The summed E-state index contributed by atoms with van der Waals surface area (Å²) in [7, 11) is 0. The third kappa shape index (κ3) is 3.55. The van der Waals surface area contributed by atoms with Crippen LogP contribution in [0, 0.1) is 0 Å². The fraction of sp³-hybridized carbons (Fsp3) is 0. The summed E-state index contributed by atoms with van der Waals surface area (Å²) in [6.07, 6.45) is 0. The van der Waals surface area contributed by atoms with Crippen LogP contribution in [0.2, 0.25) is 0 Å². The standard InChI is InChI=1S/C47H27N3O/c1-3-16-32-28(12-1)24-25-41-42(32)43-33-17-4-2-13-30(33)27-38(46(43)51-41)29-14-11-15-31(26-29)49-44-36-20-7-5-18-34(36)35-19-6-8-21-37(35)45(44)50-40-23-10-9-22-39(40)48-47(49)50/h1-27H. The summed E-state index contributed by atoms with van der Waals surface area (Å²) >= 11 is 0. The maximum Gasteiger partial charge on any atom is 0.220 e. The molecule has 0 saturated heterocycles. The van der Waals surface area contributed by atoms with E-state index in [0.29, 0.717) is 0 Å². The molecular formula is C47H27N3O. The molecule has 12 rings (SSSR count). The van der Waals surface area contributed by atoms with Gasteiger partial charge in [-0.2, -0.15) is 0 Å². The third-order valence-electron chi connectivity index (χ3n) is 10.8. The average Bonchev–Trinajstić information content (AvgIpc) is 3.87. The second-order valence-electron chi connectivity index (χ2n) is 13.5. The Kier molecular flexibility index (Phi) is 5.20. The van der Waals surface area contributed by atoms with Crippen molar-refractivity contribution in [2.24, 2.45) is 0 Å². The molecule has 0 atom stereocenters. The lowest BCUT2D eigenvalue weighted by Gasteiger charge is -2.13. The number of rotatable bonds is 2. The van der Waals surface area contributed by atoms with Crippen LogP contribution in [0.5, 0.6) is 0 Å². The minimum absolute atomic E-state index is 0.892. The zero-order valence-corrected chi connectivity index (χ0v) is 27.3. The first-order chi connectivity index (χ1) is 25.3. The van der Waals surface area contributed by atoms with Crippen molar-refractivity contribution in [3.8, 4) is 16.8 Å². The Bertz CT molecular complexity index is 3430. The normalized spacial score (nSPS) is 12.3. The summed E-state index contributed by atoms with van der Waals surface area (Å²) in [5, 5.41) is 12.0. The third-order valence-corrected chi connectivity index (χ3v) is 10.8. The molecule has 0 aliphatic rings. The molecule has 0 unspecified atom stereocenters. The van der Waals surface area contributed by atoms with Crippen molar-refractivity contribution in [3.63, 3.8) is 0 Å². The highest BCUT2D eigenvalue weighted by atomic mass is 16.3. The number of benzene rings is 9. The molecule has 0 radical (unpaired) electrons. The van der Waals surface area contributed by atoms with Crippen molar-refractivity contribution < 1.29 is 4.42 Å². The zero-order valence-electron chi connectivity index (χ0n) is 27.3. The molecule has 0 fully saturated rings. The molecular weight excluding hydrogens is 623 g/mol. The Morgan fingerprint density at radius 1 is 0.471 bits per heavy atom. The van der Waals surface area contributed by atoms with Crippen LogP contribution >= 0.6 is 0 Å². The Labute approximate surface area is 291 Å². The number of aromatic nitrogens is 3. The van der Waals surface area contributed by atoms with Gasteiger partial charge in [-0.25, -0.2) is 4.98 Å². The zero-order chi connectivity index (χ0) is 33.2. The maximum atomic E-state index is 6.85. The highest BCUT2D eigenvalue weighted by Crippen LogP contribution is 2.45. The van der Waals surface area contributed by atoms with Crippen molar-refractivity contribution in [1.29, 1.82) is 0 Å². The van der Waals surface area contributed by atoms with E-state index in [2.05, 4.69) is 173 Å². The largest absolute Gasteiger partial charge is 0.455 e. The van der Waals surface area contributed by atoms with Crippen LogP contribution in [0.4, 0.5) is 0 Å². The summed E-state index contributed by atoms with van der Waals surface area (Å²) in [6.45, 7) is 0. The smallest absolute Gasteiger partial charge is 0.220 e. The fourth-order valence-electron chi connectivity index (χ4n) is 8.70. The fourth-order valence-corrected chi connectivity index (χ4v) is 8.70. The van der Waals surface area contributed by atoms with Gasteiger partial charge in [-0.1, -0.05) is 127 Å². The molecule has 0 aliphatic heterocycles. The van der Waals surface area contributed by atoms with Crippen LogP contribution < -0.4 is 0 Å². The molecule has 3 heterocycles. The van der Waals surface area contributed by atoms with Gasteiger partial charge >= 0.3 is 0 Å². The van der Waals surface area contributed by atoms with Crippen LogP contribution in [0.3, 0.4) is 0 Å². The minimum Gasteiger partial charge on any atom is -0.455 e. The number of imidazole rings is 2. The first-order valence-corrected chi connectivity index (χ1v) is 17.4. The highest BCUT2D eigenvalue weighted by Gasteiger charge is 2.23. The lowest BCUT2D eigenvalue weighted by atomic mass is 9.94. The molecule has 4 heteroatoms. The molecule has 0 saturated carbocycles. The predicted octanol–water partition coefficient (Wildman–Crippen LogP) is 12.6. The molecule has 0 aliphatic carbocycles. The molecule has 3 aromatic heterocycles. The van der Waals surface area contributed by atoms with Crippen LogP contribution in [0.15, 0.2) is 168 Å². The molecule has 0 bridgehead atoms. The van der Waals surface area contributed by atoms with Gasteiger partial charge in [0.15, 0.2) is 0 Å². The number of hydrogen-bond acceptors (Lipinski definition) is 2. The van der Waals surface area contributed by atoms with Crippen molar-refractivity contribution in [2.45, 2.75) is 0 Å². The molecule has 0 amide bonds. The maximum absolute atomic E-state index is 6.85. The quantitative estimate of drug-likeness (QED) is 0.175. The van der Waals surface area contributed by atoms with E-state index in [0.717, 1.165) is 66.6 Å². The molecule has 0 spiro atoms. The van der Waals surface area contributed by atoms with E-state index in [4.69, 9.17) is 9.40 Å². The number of fused-ring (bicyclic) bond motifs is 17. The number of nitrogens with zero attached hydrogens (tertiary/aromatic N) is 3. The summed E-state index contributed by atoms with van der Waals surface area (Å²) in [6, 6.07) is 58.7. The molecule has 9 aromatic carbocycles. The lowest BCUT2D eigenvalue weighted by molar-refractivity contribution is 0.670. The van der Waals surface area contributed by atoms with Crippen LogP contribution in [0.25, 0.3) is 110 Å². The van der Waals surface area contributed by atoms with E-state index in [9.17, 15) is 0 Å². The SMILES string of the molecule is c1cc(-c2cc3ccccc3c3c2oc2ccc4ccccc4c23)cc(-n2c3c4ccccc4c4ccccc4c3n3c4ccccc4nc23)c1. The monoisotopic (exact) mass is 649 g/mol. The second kappa shape index (κ2) is 9.84. The van der Waals surface area contributed by atoms with E-state index >= 15 is 0 Å². The Morgan fingerprint density at radius 3 is 1.92 bits per heavy atom.